The summed E-state index contributed by atoms with van der Waals surface area (Å²) >= 11 is 0. The second-order valence-corrected chi connectivity index (χ2v) is 7.20. The molecule has 2 aromatic carbocycles. The highest BCUT2D eigenvalue weighted by Crippen LogP contribution is 2.37. The van der Waals surface area contributed by atoms with Crippen LogP contribution in [-0.4, -0.2) is 29.0 Å². The van der Waals surface area contributed by atoms with Gasteiger partial charge in [0.05, 0.1) is 12.7 Å². The molecule has 0 aliphatic carbocycles. The third kappa shape index (κ3) is 3.66. The van der Waals surface area contributed by atoms with E-state index in [9.17, 15) is 19.1 Å². The van der Waals surface area contributed by atoms with Gasteiger partial charge in [-0.25, -0.2) is 14.2 Å². The van der Waals surface area contributed by atoms with Gasteiger partial charge in [0.2, 0.25) is 5.88 Å². The Morgan fingerprint density at radius 1 is 1.09 bits per heavy atom. The van der Waals surface area contributed by atoms with Crippen molar-refractivity contribution in [1.29, 1.82) is 0 Å². The number of aromatic carboxylic acids is 1. The van der Waals surface area contributed by atoms with E-state index in [2.05, 4.69) is 10.3 Å². The van der Waals surface area contributed by atoms with Crippen molar-refractivity contribution in [3.63, 3.8) is 0 Å². The van der Waals surface area contributed by atoms with Gasteiger partial charge < -0.3 is 19.6 Å². The van der Waals surface area contributed by atoms with E-state index in [1.807, 2.05) is 18.2 Å². The highest BCUT2D eigenvalue weighted by Gasteiger charge is 2.41. The molecule has 1 atom stereocenters. The number of carbonyl (C=O) groups excluding carboxylic acids is 1. The van der Waals surface area contributed by atoms with Crippen molar-refractivity contribution in [2.24, 2.45) is 0 Å². The van der Waals surface area contributed by atoms with E-state index < -0.39 is 23.1 Å². The van der Waals surface area contributed by atoms with Crippen LogP contribution < -0.4 is 10.1 Å². The predicted octanol–water partition coefficient (Wildman–Crippen LogP) is 4.62. The normalized spacial score (nSPS) is 12.8. The van der Waals surface area contributed by atoms with Gasteiger partial charge in [0.1, 0.15) is 11.4 Å². The fourth-order valence-corrected chi connectivity index (χ4v) is 3.69. The first kappa shape index (κ1) is 21.0. The molecular formula is C24H19FN2O5. The van der Waals surface area contributed by atoms with E-state index in [-0.39, 0.29) is 17.0 Å². The number of furan rings is 1. The third-order valence-corrected chi connectivity index (χ3v) is 5.22. The molecule has 4 rings (SSSR count). The van der Waals surface area contributed by atoms with Gasteiger partial charge in [-0.3, -0.25) is 4.79 Å². The lowest BCUT2D eigenvalue weighted by molar-refractivity contribution is -0.120. The molecule has 0 bridgehead atoms. The van der Waals surface area contributed by atoms with E-state index in [0.717, 1.165) is 17.5 Å². The first-order valence-corrected chi connectivity index (χ1v) is 9.66. The molecule has 1 unspecified atom stereocenters. The summed E-state index contributed by atoms with van der Waals surface area (Å²) in [6.45, 7) is 1.32. The van der Waals surface area contributed by atoms with Crippen molar-refractivity contribution in [2.75, 3.05) is 12.4 Å². The lowest BCUT2D eigenvalue weighted by atomic mass is 9.79. The lowest BCUT2D eigenvalue weighted by Crippen LogP contribution is -2.43. The second-order valence-electron chi connectivity index (χ2n) is 7.20. The van der Waals surface area contributed by atoms with Gasteiger partial charge >= 0.3 is 5.97 Å². The number of para-hydroxylation sites is 1. The van der Waals surface area contributed by atoms with Crippen LogP contribution in [0.5, 0.6) is 5.88 Å². The number of nitrogens with one attached hydrogen (secondary N) is 1. The topological polar surface area (TPSA) is 102 Å². The Kier molecular flexibility index (Phi) is 5.36. The summed E-state index contributed by atoms with van der Waals surface area (Å²) in [6.07, 6.45) is 1.42. The van der Waals surface area contributed by atoms with Crippen molar-refractivity contribution in [2.45, 2.75) is 12.5 Å². The van der Waals surface area contributed by atoms with Crippen LogP contribution in [-0.2, 0) is 10.3 Å². The van der Waals surface area contributed by atoms with Crippen LogP contribution in [0.3, 0.4) is 0 Å². The number of ketones is 1. The standard InChI is InChI=1S/C24H19FN2O5/c1-14(28)24(17-7-8-21(31-2)26-13-17,18-9-16(23(29)30)10-19(25)12-18)27-22-11-15-5-3-4-6-20(15)32-22/h3-13,27H,1-2H3,(H,29,30). The zero-order valence-corrected chi connectivity index (χ0v) is 17.3. The van der Waals surface area contributed by atoms with Gasteiger partial charge in [-0.1, -0.05) is 18.2 Å². The highest BCUT2D eigenvalue weighted by molar-refractivity contribution is 5.96. The molecule has 32 heavy (non-hydrogen) atoms. The van der Waals surface area contributed by atoms with Gasteiger partial charge in [0.25, 0.3) is 0 Å². The molecule has 7 nitrogen and oxygen atoms in total. The summed E-state index contributed by atoms with van der Waals surface area (Å²) in [5.74, 6) is -1.97. The van der Waals surface area contributed by atoms with Crippen molar-refractivity contribution in [3.05, 3.63) is 89.4 Å². The van der Waals surface area contributed by atoms with Crippen molar-refractivity contribution in [3.8, 4) is 5.88 Å². The minimum absolute atomic E-state index is 0.0924. The number of hydrogen-bond acceptors (Lipinski definition) is 6. The molecule has 0 fully saturated rings. The monoisotopic (exact) mass is 434 g/mol. The molecule has 0 aliphatic rings. The van der Waals surface area contributed by atoms with Crippen LogP contribution in [0.1, 0.15) is 28.4 Å². The minimum atomic E-state index is -1.68. The van der Waals surface area contributed by atoms with Crippen LogP contribution in [0.4, 0.5) is 10.3 Å². The lowest BCUT2D eigenvalue weighted by Gasteiger charge is -2.33. The third-order valence-electron chi connectivity index (χ3n) is 5.22. The number of halogens is 1. The fourth-order valence-electron chi connectivity index (χ4n) is 3.69. The van der Waals surface area contributed by atoms with Gasteiger partial charge in [-0.15, -0.1) is 0 Å². The summed E-state index contributed by atoms with van der Waals surface area (Å²) in [7, 11) is 1.46. The molecule has 0 saturated heterocycles. The van der Waals surface area contributed by atoms with E-state index >= 15 is 0 Å². The van der Waals surface area contributed by atoms with Crippen LogP contribution >= 0.6 is 0 Å². The van der Waals surface area contributed by atoms with Gasteiger partial charge in [0.15, 0.2) is 17.2 Å². The Bertz CT molecular complexity index is 1280. The SMILES string of the molecule is COc1ccc(C(Nc2cc3ccccc3o2)(C(C)=O)c2cc(F)cc(C(=O)O)c2)cn1. The van der Waals surface area contributed by atoms with E-state index in [4.69, 9.17) is 9.15 Å². The van der Waals surface area contributed by atoms with Crippen molar-refractivity contribution >= 4 is 28.6 Å². The second kappa shape index (κ2) is 8.14. The summed E-state index contributed by atoms with van der Waals surface area (Å²) in [6, 6.07) is 15.4. The van der Waals surface area contributed by atoms with Crippen molar-refractivity contribution < 1.29 is 28.2 Å². The zero-order valence-electron chi connectivity index (χ0n) is 17.3. The Balaban J connectivity index is 1.97. The molecule has 4 aromatic rings. The Hall–Kier alpha value is -4.20. The quantitative estimate of drug-likeness (QED) is 0.438. The first-order valence-electron chi connectivity index (χ1n) is 9.66. The first-order chi connectivity index (χ1) is 15.3. The Labute approximate surface area is 182 Å². The number of carboxylic acid groups (broad SMARTS) is 1. The largest absolute Gasteiger partial charge is 0.481 e. The average Bonchev–Trinajstić information content (AvgIpc) is 3.19. The molecular weight excluding hydrogens is 415 g/mol. The minimum Gasteiger partial charge on any atom is -0.481 e. The van der Waals surface area contributed by atoms with Gasteiger partial charge in [-0.2, -0.15) is 0 Å². The van der Waals surface area contributed by atoms with E-state index in [1.54, 1.807) is 24.3 Å². The van der Waals surface area contributed by atoms with E-state index in [0.29, 0.717) is 17.0 Å². The Morgan fingerprint density at radius 3 is 2.50 bits per heavy atom. The van der Waals surface area contributed by atoms with Gasteiger partial charge in [-0.05, 0) is 42.8 Å². The van der Waals surface area contributed by atoms with Crippen LogP contribution in [0, 0.1) is 5.82 Å². The number of Topliss-reactive ketones (excluding diaryl/α,β-unsaturated/α-hetero) is 1. The van der Waals surface area contributed by atoms with Gasteiger partial charge in [0, 0.05) is 29.3 Å². The number of aromatic nitrogens is 1. The number of rotatable bonds is 7. The number of anilines is 1. The number of nitrogens with zero attached hydrogens (tertiary/aromatic N) is 1. The molecule has 0 aliphatic heterocycles. The molecule has 2 heterocycles. The van der Waals surface area contributed by atoms with E-state index in [1.165, 1.54) is 26.3 Å². The predicted molar refractivity (Wildman–Crippen MR) is 115 cm³/mol. The maximum absolute atomic E-state index is 14.5. The number of hydrogen-bond donors (Lipinski definition) is 2. The smallest absolute Gasteiger partial charge is 0.335 e. The molecule has 162 valence electrons. The Morgan fingerprint density at radius 2 is 1.88 bits per heavy atom. The molecule has 0 radical (unpaired) electrons. The van der Waals surface area contributed by atoms with Crippen LogP contribution in [0.15, 0.2) is 71.3 Å². The highest BCUT2D eigenvalue weighted by atomic mass is 19.1. The summed E-state index contributed by atoms with van der Waals surface area (Å²) in [5.41, 5.74) is -0.938. The summed E-state index contributed by atoms with van der Waals surface area (Å²) < 4.78 is 25.4. The number of methoxy groups -OCH3 is 1. The maximum Gasteiger partial charge on any atom is 0.335 e. The number of fused-ring (bicyclic) bond motifs is 1. The maximum atomic E-state index is 14.5. The average molecular weight is 434 g/mol. The number of ether oxygens (including phenoxy) is 1. The summed E-state index contributed by atoms with van der Waals surface area (Å²) in [5, 5.41) is 13.3. The molecule has 2 N–H and O–H groups in total. The molecule has 0 spiro atoms. The number of carbonyl (C=O) groups is 2. The molecule has 0 amide bonds. The van der Waals surface area contributed by atoms with Crippen molar-refractivity contribution in [1.82, 2.24) is 4.98 Å². The summed E-state index contributed by atoms with van der Waals surface area (Å²) in [4.78, 5) is 29.0. The number of benzene rings is 2. The number of pyridine rings is 1. The molecule has 2 aromatic heterocycles. The molecule has 0 saturated carbocycles. The van der Waals surface area contributed by atoms with Crippen LogP contribution in [0.2, 0.25) is 0 Å². The fraction of sp³-hybridized carbons (Fsp3) is 0.125. The number of carboxylic acids is 1. The molecule has 8 heteroatoms. The zero-order chi connectivity index (χ0) is 22.9. The van der Waals surface area contributed by atoms with Crippen LogP contribution in [0.25, 0.3) is 11.0 Å².